The molecule has 0 spiro atoms. The summed E-state index contributed by atoms with van der Waals surface area (Å²) in [5.74, 6) is -2.32. The van der Waals surface area contributed by atoms with Crippen LogP contribution in [0.25, 0.3) is 0 Å². The molecule has 1 aromatic heterocycles. The first-order valence-electron chi connectivity index (χ1n) is 5.63. The molecule has 0 aliphatic carbocycles. The lowest BCUT2D eigenvalue weighted by atomic mass is 10.3. The molecule has 100 valence electrons. The molecule has 1 N–H and O–H groups in total. The number of hydrogen-bond acceptors (Lipinski definition) is 1. The molecule has 0 saturated carbocycles. The topological polar surface area (TPSA) is 34.0 Å². The fourth-order valence-electron chi connectivity index (χ4n) is 1.70. The van der Waals surface area contributed by atoms with Crippen molar-refractivity contribution >= 4 is 27.5 Å². The molecule has 0 bridgehead atoms. The van der Waals surface area contributed by atoms with Crippen LogP contribution >= 0.6 is 15.9 Å². The first-order valence-corrected chi connectivity index (χ1v) is 6.42. The van der Waals surface area contributed by atoms with Gasteiger partial charge in [-0.1, -0.05) is 0 Å². The Morgan fingerprint density at radius 1 is 1.32 bits per heavy atom. The molecule has 1 heterocycles. The Hall–Kier alpha value is -1.69. The van der Waals surface area contributed by atoms with Gasteiger partial charge in [-0.2, -0.15) is 0 Å². The van der Waals surface area contributed by atoms with Crippen LogP contribution in [-0.2, 0) is 6.54 Å². The second-order valence-corrected chi connectivity index (χ2v) is 4.83. The van der Waals surface area contributed by atoms with Crippen molar-refractivity contribution in [1.82, 2.24) is 4.57 Å². The lowest BCUT2D eigenvalue weighted by Crippen LogP contribution is -2.16. The molecule has 2 aromatic rings. The second kappa shape index (κ2) is 5.52. The number of aryl methyl sites for hydroxylation is 1. The van der Waals surface area contributed by atoms with Crippen molar-refractivity contribution < 1.29 is 13.6 Å². The summed E-state index contributed by atoms with van der Waals surface area (Å²) >= 11 is 3.29. The molecule has 0 unspecified atom stereocenters. The third-order valence-corrected chi connectivity index (χ3v) is 3.05. The van der Waals surface area contributed by atoms with Crippen molar-refractivity contribution in [2.75, 3.05) is 5.32 Å². The molecule has 6 heteroatoms. The largest absolute Gasteiger partial charge is 0.343 e. The number of carbonyl (C=O) groups is 1. The molecule has 1 amide bonds. The number of nitrogens with one attached hydrogen (secondary N) is 1. The smallest absolute Gasteiger partial charge is 0.272 e. The number of anilines is 1. The predicted octanol–water partition coefficient (Wildman–Crippen LogP) is 3.80. The first-order chi connectivity index (χ1) is 9.01. The summed E-state index contributed by atoms with van der Waals surface area (Å²) in [5, 5.41) is 2.53. The molecule has 2 rings (SSSR count). The van der Waals surface area contributed by atoms with E-state index in [9.17, 15) is 13.6 Å². The maximum Gasteiger partial charge on any atom is 0.272 e. The first kappa shape index (κ1) is 13.7. The summed E-state index contributed by atoms with van der Waals surface area (Å²) < 4.78 is 28.4. The minimum atomic E-state index is -0.996. The van der Waals surface area contributed by atoms with E-state index >= 15 is 0 Å². The molecule has 0 aliphatic rings. The maximum atomic E-state index is 13.0. The Kier molecular flexibility index (Phi) is 3.99. The Bertz CT molecular complexity index is 625. The number of amides is 1. The van der Waals surface area contributed by atoms with Crippen molar-refractivity contribution in [3.63, 3.8) is 0 Å². The van der Waals surface area contributed by atoms with Crippen molar-refractivity contribution in [3.8, 4) is 0 Å². The van der Waals surface area contributed by atoms with E-state index in [0.717, 1.165) is 16.6 Å². The van der Waals surface area contributed by atoms with Gasteiger partial charge in [0, 0.05) is 29.0 Å². The Balaban J connectivity index is 2.22. The van der Waals surface area contributed by atoms with Crippen LogP contribution < -0.4 is 5.32 Å². The van der Waals surface area contributed by atoms with Gasteiger partial charge < -0.3 is 9.88 Å². The van der Waals surface area contributed by atoms with Crippen molar-refractivity contribution in [2.45, 2.75) is 13.5 Å². The highest BCUT2D eigenvalue weighted by Gasteiger charge is 2.13. The van der Waals surface area contributed by atoms with Gasteiger partial charge >= 0.3 is 0 Å². The van der Waals surface area contributed by atoms with Gasteiger partial charge in [0.1, 0.15) is 5.69 Å². The van der Waals surface area contributed by atoms with Gasteiger partial charge in [-0.25, -0.2) is 8.78 Å². The van der Waals surface area contributed by atoms with Crippen LogP contribution in [0.1, 0.15) is 17.4 Å². The molecule has 0 aliphatic heterocycles. The third kappa shape index (κ3) is 3.01. The van der Waals surface area contributed by atoms with Crippen molar-refractivity contribution in [1.29, 1.82) is 0 Å². The monoisotopic (exact) mass is 328 g/mol. The Morgan fingerprint density at radius 2 is 2.05 bits per heavy atom. The molecule has 0 atom stereocenters. The molecule has 19 heavy (non-hydrogen) atoms. The molecule has 3 nitrogen and oxygen atoms in total. The average Bonchev–Trinajstić information content (AvgIpc) is 2.75. The van der Waals surface area contributed by atoms with Crippen LogP contribution in [0.3, 0.4) is 0 Å². The fourth-order valence-corrected chi connectivity index (χ4v) is 2.16. The van der Waals surface area contributed by atoms with E-state index in [1.54, 1.807) is 16.8 Å². The molecule has 1 aromatic carbocycles. The lowest BCUT2D eigenvalue weighted by Gasteiger charge is -2.07. The maximum absolute atomic E-state index is 13.0. The molecule has 0 fully saturated rings. The summed E-state index contributed by atoms with van der Waals surface area (Å²) in [5.41, 5.74) is 0.656. The molecular weight excluding hydrogens is 318 g/mol. The van der Waals surface area contributed by atoms with Crippen LogP contribution in [0.2, 0.25) is 0 Å². The van der Waals surface area contributed by atoms with Gasteiger partial charge in [0.25, 0.3) is 5.91 Å². The third-order valence-electron chi connectivity index (χ3n) is 2.61. The number of aromatic nitrogens is 1. The number of carbonyl (C=O) groups excluding carboxylic acids is 1. The van der Waals surface area contributed by atoms with Gasteiger partial charge in [-0.3, -0.25) is 4.79 Å². The second-order valence-electron chi connectivity index (χ2n) is 3.91. The van der Waals surface area contributed by atoms with Crippen LogP contribution in [-0.4, -0.2) is 10.5 Å². The number of rotatable bonds is 3. The highest BCUT2D eigenvalue weighted by atomic mass is 79.9. The molecule has 0 saturated heterocycles. The summed E-state index contributed by atoms with van der Waals surface area (Å²) in [6.07, 6.45) is 1.78. The zero-order valence-electron chi connectivity index (χ0n) is 10.1. The van der Waals surface area contributed by atoms with Crippen LogP contribution in [0.15, 0.2) is 34.9 Å². The van der Waals surface area contributed by atoms with Crippen molar-refractivity contribution in [2.24, 2.45) is 0 Å². The molecular formula is C13H11BrF2N2O. The van der Waals surface area contributed by atoms with E-state index in [1.165, 1.54) is 6.07 Å². The Labute approximate surface area is 117 Å². The van der Waals surface area contributed by atoms with Gasteiger partial charge in [-0.05, 0) is 41.1 Å². The normalized spacial score (nSPS) is 10.5. The summed E-state index contributed by atoms with van der Waals surface area (Å²) in [7, 11) is 0. The van der Waals surface area contributed by atoms with E-state index in [1.807, 2.05) is 6.92 Å². The lowest BCUT2D eigenvalue weighted by molar-refractivity contribution is 0.101. The Morgan fingerprint density at radius 3 is 2.68 bits per heavy atom. The standard InChI is InChI=1S/C13H11BrF2N2O/c1-2-18-7-8(14)5-12(18)13(19)17-9-3-4-10(15)11(16)6-9/h3-7H,2H2,1H3,(H,17,19). The quantitative estimate of drug-likeness (QED) is 0.913. The van der Waals surface area contributed by atoms with Gasteiger partial charge in [0.2, 0.25) is 0 Å². The van der Waals surface area contributed by atoms with E-state index in [0.29, 0.717) is 12.2 Å². The van der Waals surface area contributed by atoms with E-state index in [-0.39, 0.29) is 11.6 Å². The summed E-state index contributed by atoms with van der Waals surface area (Å²) in [6.45, 7) is 2.53. The van der Waals surface area contributed by atoms with Crippen LogP contribution in [0, 0.1) is 11.6 Å². The summed E-state index contributed by atoms with van der Waals surface area (Å²) in [4.78, 5) is 12.0. The highest BCUT2D eigenvalue weighted by Crippen LogP contribution is 2.18. The summed E-state index contributed by atoms with van der Waals surface area (Å²) in [6, 6.07) is 4.89. The van der Waals surface area contributed by atoms with Gasteiger partial charge in [-0.15, -0.1) is 0 Å². The molecule has 0 radical (unpaired) electrons. The minimum Gasteiger partial charge on any atom is -0.343 e. The van der Waals surface area contributed by atoms with E-state index < -0.39 is 11.6 Å². The zero-order valence-corrected chi connectivity index (χ0v) is 11.7. The van der Waals surface area contributed by atoms with Crippen LogP contribution in [0.5, 0.6) is 0 Å². The number of halogens is 3. The average molecular weight is 329 g/mol. The SMILES string of the molecule is CCn1cc(Br)cc1C(=O)Nc1ccc(F)c(F)c1. The highest BCUT2D eigenvalue weighted by molar-refractivity contribution is 9.10. The van der Waals surface area contributed by atoms with E-state index in [4.69, 9.17) is 0 Å². The fraction of sp³-hybridized carbons (Fsp3) is 0.154. The van der Waals surface area contributed by atoms with Crippen molar-refractivity contribution in [3.05, 3.63) is 52.3 Å². The minimum absolute atomic E-state index is 0.212. The van der Waals surface area contributed by atoms with Crippen LogP contribution in [0.4, 0.5) is 14.5 Å². The van der Waals surface area contributed by atoms with Gasteiger partial charge in [0.05, 0.1) is 0 Å². The number of hydrogen-bond donors (Lipinski definition) is 1. The van der Waals surface area contributed by atoms with E-state index in [2.05, 4.69) is 21.2 Å². The zero-order chi connectivity index (χ0) is 14.0. The number of benzene rings is 1. The number of nitrogens with zero attached hydrogens (tertiary/aromatic N) is 1. The predicted molar refractivity (Wildman–Crippen MR) is 72.1 cm³/mol. The van der Waals surface area contributed by atoms with Gasteiger partial charge in [0.15, 0.2) is 11.6 Å².